The van der Waals surface area contributed by atoms with Crippen LogP contribution in [0.25, 0.3) is 0 Å². The molecule has 1 aliphatic rings. The molecule has 0 saturated heterocycles. The summed E-state index contributed by atoms with van der Waals surface area (Å²) in [5, 5.41) is 0.472. The van der Waals surface area contributed by atoms with Crippen LogP contribution in [-0.2, 0) is 0 Å². The van der Waals surface area contributed by atoms with Gasteiger partial charge in [-0.3, -0.25) is 0 Å². The minimum atomic E-state index is 0.472. The Kier molecular flexibility index (Phi) is 3.09. The van der Waals surface area contributed by atoms with Crippen molar-refractivity contribution in [3.8, 4) is 0 Å². The number of hydrogen-bond acceptors (Lipinski definition) is 2. The summed E-state index contributed by atoms with van der Waals surface area (Å²) in [4.78, 5) is 4.81. The Morgan fingerprint density at radius 1 is 1.08 bits per heavy atom. The van der Waals surface area contributed by atoms with Crippen LogP contribution in [0, 0.1) is 0 Å². The molecule has 2 nitrogen and oxygen atoms in total. The smallest absolute Gasteiger partial charge is 0.196 e. The molecule has 0 aromatic heterocycles. The standard InChI is InChI=1S/C9H17N2.Al/c1-5-10-7-11(6-2)9(4)8(10)3;/h7H,5-6H2,1-4H3;. The molecule has 0 saturated carbocycles. The largest absolute Gasteiger partial charge is 0.370 e. The lowest BCUT2D eigenvalue weighted by molar-refractivity contribution is 0.223. The number of rotatable bonds is 2. The summed E-state index contributed by atoms with van der Waals surface area (Å²) >= 11 is 2.90. The minimum absolute atomic E-state index is 0.472. The van der Waals surface area contributed by atoms with Crippen molar-refractivity contribution in [2.75, 3.05) is 13.1 Å². The molecule has 2 radical (unpaired) electrons. The lowest BCUT2D eigenvalue weighted by Gasteiger charge is -2.31. The SMILES string of the molecule is CCN1C(C)=C(C)N(CC)[CH]1[Al]. The summed E-state index contributed by atoms with van der Waals surface area (Å²) in [6, 6.07) is 0. The molecule has 0 aromatic rings. The zero-order valence-electron chi connectivity index (χ0n) is 8.46. The van der Waals surface area contributed by atoms with Crippen LogP contribution < -0.4 is 0 Å². The molecule has 1 heterocycles. The Morgan fingerprint density at radius 2 is 1.42 bits per heavy atom. The Morgan fingerprint density at radius 3 is 1.58 bits per heavy atom. The van der Waals surface area contributed by atoms with E-state index in [0.717, 1.165) is 13.1 Å². The summed E-state index contributed by atoms with van der Waals surface area (Å²) in [5.41, 5.74) is 2.83. The van der Waals surface area contributed by atoms with Gasteiger partial charge >= 0.3 is 0 Å². The van der Waals surface area contributed by atoms with Crippen molar-refractivity contribution in [3.05, 3.63) is 11.4 Å². The number of nitrogens with zero attached hydrogens (tertiary/aromatic N) is 2. The van der Waals surface area contributed by atoms with Crippen LogP contribution in [0.1, 0.15) is 27.7 Å². The van der Waals surface area contributed by atoms with E-state index in [4.69, 9.17) is 0 Å². The van der Waals surface area contributed by atoms with Crippen molar-refractivity contribution in [1.29, 1.82) is 0 Å². The first kappa shape index (κ1) is 9.96. The van der Waals surface area contributed by atoms with Gasteiger partial charge in [-0.25, -0.2) is 0 Å². The molecule has 0 aliphatic carbocycles. The van der Waals surface area contributed by atoms with Crippen molar-refractivity contribution in [3.63, 3.8) is 0 Å². The first-order valence-corrected chi connectivity index (χ1v) is 5.26. The monoisotopic (exact) mass is 180 g/mol. The lowest BCUT2D eigenvalue weighted by atomic mass is 10.3. The molecule has 0 N–H and O–H groups in total. The highest BCUT2D eigenvalue weighted by Gasteiger charge is 2.26. The van der Waals surface area contributed by atoms with Crippen LogP contribution in [0.2, 0.25) is 0 Å². The second-order valence-corrected chi connectivity index (χ2v) is 3.75. The second-order valence-electron chi connectivity index (χ2n) is 3.16. The summed E-state index contributed by atoms with van der Waals surface area (Å²) in [5.74, 6) is 0. The Hall–Kier alpha value is -0.128. The average molecular weight is 180 g/mol. The van der Waals surface area contributed by atoms with Gasteiger partial charge in [0, 0.05) is 29.5 Å². The van der Waals surface area contributed by atoms with E-state index >= 15 is 0 Å². The van der Waals surface area contributed by atoms with E-state index in [9.17, 15) is 0 Å². The summed E-state index contributed by atoms with van der Waals surface area (Å²) in [6.45, 7) is 11.0. The van der Waals surface area contributed by atoms with E-state index in [1.54, 1.807) is 0 Å². The normalized spacial score (nSPS) is 19.7. The summed E-state index contributed by atoms with van der Waals surface area (Å²) < 4.78 is 0. The van der Waals surface area contributed by atoms with Gasteiger partial charge in [0.05, 0.1) is 0 Å². The number of hydrogen-bond donors (Lipinski definition) is 0. The second kappa shape index (κ2) is 3.72. The topological polar surface area (TPSA) is 6.48 Å². The molecule has 3 heteroatoms. The highest BCUT2D eigenvalue weighted by atomic mass is 27.0. The van der Waals surface area contributed by atoms with Gasteiger partial charge in [-0.1, -0.05) is 0 Å². The van der Waals surface area contributed by atoms with Gasteiger partial charge in [-0.05, 0) is 27.7 Å². The third-order valence-corrected chi connectivity index (χ3v) is 3.43. The molecule has 12 heavy (non-hydrogen) atoms. The molecule has 0 atom stereocenters. The zero-order chi connectivity index (χ0) is 9.30. The van der Waals surface area contributed by atoms with Gasteiger partial charge in [0.2, 0.25) is 0 Å². The molecule has 0 spiro atoms. The van der Waals surface area contributed by atoms with Crippen molar-refractivity contribution in [2.24, 2.45) is 0 Å². The zero-order valence-corrected chi connectivity index (χ0v) is 9.62. The maximum Gasteiger partial charge on any atom is 0.196 e. The molecule has 1 aliphatic heterocycles. The van der Waals surface area contributed by atoms with E-state index < -0.39 is 0 Å². The molecule has 0 bridgehead atoms. The van der Waals surface area contributed by atoms with Gasteiger partial charge in [0.1, 0.15) is 0 Å². The molecular formula is C9H17AlN2. The van der Waals surface area contributed by atoms with Gasteiger partial charge in [-0.2, -0.15) is 0 Å². The molecule has 0 aromatic carbocycles. The van der Waals surface area contributed by atoms with Crippen molar-refractivity contribution in [2.45, 2.75) is 32.7 Å². The molecule has 0 fully saturated rings. The third-order valence-electron chi connectivity index (χ3n) is 2.71. The van der Waals surface area contributed by atoms with Crippen molar-refractivity contribution < 1.29 is 0 Å². The van der Waals surface area contributed by atoms with Crippen LogP contribution in [0.5, 0.6) is 0 Å². The van der Waals surface area contributed by atoms with Crippen LogP contribution in [0.3, 0.4) is 0 Å². The van der Waals surface area contributed by atoms with Crippen molar-refractivity contribution >= 4 is 16.3 Å². The molecule has 1 rings (SSSR count). The van der Waals surface area contributed by atoms with Crippen LogP contribution in [-0.4, -0.2) is 44.2 Å². The minimum Gasteiger partial charge on any atom is -0.370 e. The first-order valence-electron chi connectivity index (χ1n) is 4.59. The van der Waals surface area contributed by atoms with Crippen molar-refractivity contribution in [1.82, 2.24) is 9.80 Å². The molecule has 0 amide bonds. The van der Waals surface area contributed by atoms with Gasteiger partial charge < -0.3 is 9.80 Å². The van der Waals surface area contributed by atoms with Gasteiger partial charge in [0.25, 0.3) is 0 Å². The average Bonchev–Trinajstić information content (AvgIpc) is 2.25. The van der Waals surface area contributed by atoms with Crippen LogP contribution in [0.15, 0.2) is 11.4 Å². The highest BCUT2D eigenvalue weighted by molar-refractivity contribution is 6.11. The summed E-state index contributed by atoms with van der Waals surface area (Å²) in [6.07, 6.45) is 0. The Labute approximate surface area is 83.6 Å². The van der Waals surface area contributed by atoms with Gasteiger partial charge in [-0.15, -0.1) is 0 Å². The fourth-order valence-electron chi connectivity index (χ4n) is 1.83. The predicted octanol–water partition coefficient (Wildman–Crippen LogP) is 1.35. The van der Waals surface area contributed by atoms with E-state index in [2.05, 4.69) is 53.8 Å². The molecule has 66 valence electrons. The Balaban J connectivity index is 2.86. The summed E-state index contributed by atoms with van der Waals surface area (Å²) in [7, 11) is 0. The van der Waals surface area contributed by atoms with E-state index in [-0.39, 0.29) is 0 Å². The van der Waals surface area contributed by atoms with E-state index in [1.807, 2.05) is 0 Å². The maximum atomic E-state index is 2.90. The van der Waals surface area contributed by atoms with E-state index in [1.165, 1.54) is 11.4 Å². The van der Waals surface area contributed by atoms with Crippen LogP contribution in [0.4, 0.5) is 0 Å². The molecule has 0 unspecified atom stereocenters. The quantitative estimate of drug-likeness (QED) is 0.592. The Bertz CT molecular complexity index is 181. The van der Waals surface area contributed by atoms with Gasteiger partial charge in [0.15, 0.2) is 16.3 Å². The first-order chi connectivity index (χ1) is 5.63. The third kappa shape index (κ3) is 1.36. The molecular weight excluding hydrogens is 163 g/mol. The predicted molar refractivity (Wildman–Crippen MR) is 52.7 cm³/mol. The maximum absolute atomic E-state index is 2.90. The number of allylic oxidation sites excluding steroid dienone is 2. The lowest BCUT2D eigenvalue weighted by Crippen LogP contribution is -2.40. The fourth-order valence-corrected chi connectivity index (χ4v) is 2.70. The highest BCUT2D eigenvalue weighted by Crippen LogP contribution is 2.26. The van der Waals surface area contributed by atoms with Crippen LogP contribution >= 0.6 is 0 Å². The van der Waals surface area contributed by atoms with E-state index in [0.29, 0.717) is 5.03 Å². The fraction of sp³-hybridized carbons (Fsp3) is 0.778.